The minimum Gasteiger partial charge on any atom is -0.465 e. The van der Waals surface area contributed by atoms with Crippen LogP contribution in [0.4, 0.5) is 5.69 Å². The number of halogens is 1. The minimum absolute atomic E-state index is 0.368. The molecule has 7 heteroatoms. The molecule has 0 fully saturated rings. The zero-order valence-corrected chi connectivity index (χ0v) is 12.3. The minimum atomic E-state index is -0.368. The molecule has 20 heavy (non-hydrogen) atoms. The fraction of sp³-hybridized carbons (Fsp3) is 0.154. The topological polar surface area (TPSA) is 94.3 Å². The monoisotopic (exact) mass is 311 g/mol. The molecule has 1 aromatic heterocycles. The van der Waals surface area contributed by atoms with E-state index in [0.29, 0.717) is 33.5 Å². The molecule has 0 bridgehead atoms. The van der Waals surface area contributed by atoms with Gasteiger partial charge in [-0.2, -0.15) is 0 Å². The lowest BCUT2D eigenvalue weighted by atomic mass is 10.2. The van der Waals surface area contributed by atoms with Crippen molar-refractivity contribution in [1.29, 1.82) is 0 Å². The number of hydrogen-bond acceptors (Lipinski definition) is 5. The second-order valence-electron chi connectivity index (χ2n) is 4.13. The third kappa shape index (κ3) is 3.27. The maximum atomic E-state index is 11.5. The Morgan fingerprint density at radius 2 is 2.20 bits per heavy atom. The number of carbonyl (C=O) groups excluding carboxylic acids is 1. The molecule has 0 aliphatic heterocycles. The third-order valence-corrected chi connectivity index (χ3v) is 4.19. The Morgan fingerprint density at radius 1 is 1.45 bits per heavy atom. The molecule has 0 unspecified atom stereocenters. The molecule has 0 spiro atoms. The average molecular weight is 312 g/mol. The summed E-state index contributed by atoms with van der Waals surface area (Å²) in [5, 5.41) is 0.596. The standard InChI is InChI=1S/C13H14ClN3O2S/c1-7-10(13(18)17-16)5-9(19-7)6-20-12-3-2-8(15)4-11(12)14/h2-5H,6,15-16H2,1H3,(H,17,18). The van der Waals surface area contributed by atoms with Crippen molar-refractivity contribution < 1.29 is 9.21 Å². The number of carbonyl (C=O) groups is 1. The Labute approximate surface area is 125 Å². The molecule has 1 amide bonds. The smallest absolute Gasteiger partial charge is 0.268 e. The van der Waals surface area contributed by atoms with Crippen molar-refractivity contribution in [3.05, 3.63) is 46.4 Å². The molecule has 5 nitrogen and oxygen atoms in total. The summed E-state index contributed by atoms with van der Waals surface area (Å²) >= 11 is 7.60. The fourth-order valence-corrected chi connectivity index (χ4v) is 2.85. The van der Waals surface area contributed by atoms with E-state index in [-0.39, 0.29) is 5.91 Å². The number of anilines is 1. The zero-order chi connectivity index (χ0) is 14.7. The van der Waals surface area contributed by atoms with Gasteiger partial charge in [0.1, 0.15) is 11.5 Å². The van der Waals surface area contributed by atoms with Gasteiger partial charge in [0.05, 0.1) is 16.3 Å². The molecule has 2 rings (SSSR count). The summed E-state index contributed by atoms with van der Waals surface area (Å²) < 4.78 is 5.52. The van der Waals surface area contributed by atoms with Crippen molar-refractivity contribution in [2.24, 2.45) is 5.84 Å². The van der Waals surface area contributed by atoms with Gasteiger partial charge in [-0.3, -0.25) is 10.2 Å². The molecular formula is C13H14ClN3O2S. The molecule has 5 N–H and O–H groups in total. The first kappa shape index (κ1) is 14.8. The van der Waals surface area contributed by atoms with Crippen molar-refractivity contribution in [2.45, 2.75) is 17.6 Å². The summed E-state index contributed by atoms with van der Waals surface area (Å²) in [5.41, 5.74) is 8.78. The van der Waals surface area contributed by atoms with Crippen LogP contribution in [0, 0.1) is 6.92 Å². The summed E-state index contributed by atoms with van der Waals surface area (Å²) in [6.07, 6.45) is 0. The summed E-state index contributed by atoms with van der Waals surface area (Å²) in [4.78, 5) is 12.4. The van der Waals surface area contributed by atoms with Crippen LogP contribution in [0.5, 0.6) is 0 Å². The van der Waals surface area contributed by atoms with E-state index < -0.39 is 0 Å². The van der Waals surface area contributed by atoms with Gasteiger partial charge < -0.3 is 10.2 Å². The molecule has 0 radical (unpaired) electrons. The number of hydrogen-bond donors (Lipinski definition) is 3. The van der Waals surface area contributed by atoms with Crippen molar-refractivity contribution >= 4 is 35.0 Å². The Hall–Kier alpha value is -1.63. The van der Waals surface area contributed by atoms with Gasteiger partial charge in [0.2, 0.25) is 0 Å². The van der Waals surface area contributed by atoms with E-state index >= 15 is 0 Å². The van der Waals surface area contributed by atoms with Crippen molar-refractivity contribution in [3.8, 4) is 0 Å². The van der Waals surface area contributed by atoms with Crippen LogP contribution in [0.25, 0.3) is 0 Å². The zero-order valence-electron chi connectivity index (χ0n) is 10.8. The first-order valence-electron chi connectivity index (χ1n) is 5.79. The number of nitrogens with two attached hydrogens (primary N) is 2. The molecule has 0 saturated heterocycles. The van der Waals surface area contributed by atoms with Gasteiger partial charge in [0.15, 0.2) is 0 Å². The van der Waals surface area contributed by atoms with Gasteiger partial charge in [0, 0.05) is 10.6 Å². The molecule has 106 valence electrons. The van der Waals surface area contributed by atoms with E-state index in [0.717, 1.165) is 4.90 Å². The average Bonchev–Trinajstić information content (AvgIpc) is 2.78. The lowest BCUT2D eigenvalue weighted by Crippen LogP contribution is -2.30. The molecule has 0 aliphatic carbocycles. The van der Waals surface area contributed by atoms with E-state index in [1.54, 1.807) is 25.1 Å². The molecule has 0 saturated carbocycles. The van der Waals surface area contributed by atoms with E-state index in [4.69, 9.17) is 27.6 Å². The van der Waals surface area contributed by atoms with E-state index in [1.807, 2.05) is 6.07 Å². The molecule has 0 aliphatic rings. The van der Waals surface area contributed by atoms with Gasteiger partial charge in [-0.05, 0) is 31.2 Å². The summed E-state index contributed by atoms with van der Waals surface area (Å²) in [7, 11) is 0. The molecule has 0 atom stereocenters. The highest BCUT2D eigenvalue weighted by atomic mass is 35.5. The molecule has 1 heterocycles. The van der Waals surface area contributed by atoms with Gasteiger partial charge in [-0.15, -0.1) is 11.8 Å². The van der Waals surface area contributed by atoms with E-state index in [1.165, 1.54) is 11.8 Å². The third-order valence-electron chi connectivity index (χ3n) is 2.67. The number of amides is 1. The molecule has 1 aromatic carbocycles. The van der Waals surface area contributed by atoms with Crippen LogP contribution < -0.4 is 17.0 Å². The van der Waals surface area contributed by atoms with E-state index in [9.17, 15) is 4.79 Å². The number of furan rings is 1. The fourth-order valence-electron chi connectivity index (χ4n) is 1.70. The number of hydrazine groups is 1. The number of nitrogen functional groups attached to an aromatic ring is 2. The first-order chi connectivity index (χ1) is 9.51. The van der Waals surface area contributed by atoms with Crippen LogP contribution in [0.3, 0.4) is 0 Å². The lowest BCUT2D eigenvalue weighted by molar-refractivity contribution is 0.0952. The predicted octanol–water partition coefficient (Wildman–Crippen LogP) is 2.72. The Balaban J connectivity index is 2.09. The van der Waals surface area contributed by atoms with Crippen LogP contribution in [0.2, 0.25) is 5.02 Å². The maximum Gasteiger partial charge on any atom is 0.268 e. The first-order valence-corrected chi connectivity index (χ1v) is 7.15. The lowest BCUT2D eigenvalue weighted by Gasteiger charge is -2.03. The molecular weight excluding hydrogens is 298 g/mol. The van der Waals surface area contributed by atoms with Crippen LogP contribution in [0.1, 0.15) is 21.9 Å². The van der Waals surface area contributed by atoms with Crippen LogP contribution >= 0.6 is 23.4 Å². The summed E-state index contributed by atoms with van der Waals surface area (Å²) in [6.45, 7) is 1.72. The predicted molar refractivity (Wildman–Crippen MR) is 80.5 cm³/mol. The SMILES string of the molecule is Cc1oc(CSc2ccc(N)cc2Cl)cc1C(=O)NN. The van der Waals surface area contributed by atoms with E-state index in [2.05, 4.69) is 5.43 Å². The summed E-state index contributed by atoms with van der Waals surface area (Å²) in [6, 6.07) is 7.01. The van der Waals surface area contributed by atoms with Crippen LogP contribution in [0.15, 0.2) is 33.6 Å². The highest BCUT2D eigenvalue weighted by molar-refractivity contribution is 7.98. The Morgan fingerprint density at radius 3 is 2.85 bits per heavy atom. The van der Waals surface area contributed by atoms with Gasteiger partial charge >= 0.3 is 0 Å². The number of nitrogens with one attached hydrogen (secondary N) is 1. The van der Waals surface area contributed by atoms with Crippen LogP contribution in [-0.4, -0.2) is 5.91 Å². The number of benzene rings is 1. The van der Waals surface area contributed by atoms with Gasteiger partial charge in [-0.25, -0.2) is 5.84 Å². The second kappa shape index (κ2) is 6.21. The summed E-state index contributed by atoms with van der Waals surface area (Å²) in [5.74, 6) is 6.51. The number of aryl methyl sites for hydroxylation is 1. The number of rotatable bonds is 4. The van der Waals surface area contributed by atoms with Gasteiger partial charge in [0.25, 0.3) is 5.91 Å². The van der Waals surface area contributed by atoms with Crippen molar-refractivity contribution in [3.63, 3.8) is 0 Å². The maximum absolute atomic E-state index is 11.5. The second-order valence-corrected chi connectivity index (χ2v) is 5.56. The quantitative estimate of drug-likeness (QED) is 0.265. The van der Waals surface area contributed by atoms with Crippen molar-refractivity contribution in [1.82, 2.24) is 5.43 Å². The Kier molecular flexibility index (Phi) is 4.59. The highest BCUT2D eigenvalue weighted by Crippen LogP contribution is 2.32. The normalized spacial score (nSPS) is 10.6. The van der Waals surface area contributed by atoms with Crippen molar-refractivity contribution in [2.75, 3.05) is 5.73 Å². The van der Waals surface area contributed by atoms with Gasteiger partial charge in [-0.1, -0.05) is 11.6 Å². The molecule has 2 aromatic rings. The van der Waals surface area contributed by atoms with Crippen LogP contribution in [-0.2, 0) is 5.75 Å². The Bertz CT molecular complexity index is 643. The largest absolute Gasteiger partial charge is 0.465 e. The number of thioether (sulfide) groups is 1. The highest BCUT2D eigenvalue weighted by Gasteiger charge is 2.14.